The molecule has 286 valence electrons. The van der Waals surface area contributed by atoms with Crippen LogP contribution in [-0.2, 0) is 36.2 Å². The number of methoxy groups -OCH3 is 2. The van der Waals surface area contributed by atoms with Gasteiger partial charge in [0, 0.05) is 38.6 Å². The Balaban J connectivity index is 0.000000824. The van der Waals surface area contributed by atoms with Crippen LogP contribution in [0.3, 0.4) is 0 Å². The minimum absolute atomic E-state index is 0. The second-order valence-electron chi connectivity index (χ2n) is 12.1. The van der Waals surface area contributed by atoms with Crippen LogP contribution in [0.15, 0.2) is 57.3 Å². The standard InChI is InChI=1S/2C14H18F3NO3S.C4H8O.CH4/c2*1-13(2,3)22(19)18-12(9-20-4)10-6-5-7-11(8-10)21-14(15,16)17;1-2-4-5-3-1;/h2*5-8H,9H2,1-4H3;1-4H2;1H4/t2*22-;;/m11../s1. The highest BCUT2D eigenvalue weighted by atomic mass is 32.2. The molecule has 0 saturated carbocycles. The number of rotatable bonds is 10. The summed E-state index contributed by atoms with van der Waals surface area (Å²) in [4.78, 5) is 0. The quantitative estimate of drug-likeness (QED) is 0.177. The van der Waals surface area contributed by atoms with Gasteiger partial charge in [0.1, 0.15) is 33.5 Å². The summed E-state index contributed by atoms with van der Waals surface area (Å²) < 4.78 is 127. The van der Waals surface area contributed by atoms with Gasteiger partial charge in [0.05, 0.1) is 34.1 Å². The summed E-state index contributed by atoms with van der Waals surface area (Å²) in [5.41, 5.74) is 1.31. The van der Waals surface area contributed by atoms with E-state index in [-0.39, 0.29) is 32.1 Å². The van der Waals surface area contributed by atoms with E-state index in [1.807, 2.05) is 0 Å². The van der Waals surface area contributed by atoms with E-state index in [1.165, 1.54) is 63.5 Å². The topological polar surface area (TPSA) is 105 Å². The van der Waals surface area contributed by atoms with E-state index in [1.54, 1.807) is 53.7 Å². The average Bonchev–Trinajstić information content (AvgIpc) is 3.55. The van der Waals surface area contributed by atoms with Gasteiger partial charge in [-0.2, -0.15) is 8.80 Å². The Morgan fingerprint density at radius 3 is 1.26 bits per heavy atom. The van der Waals surface area contributed by atoms with E-state index < -0.39 is 44.2 Å². The van der Waals surface area contributed by atoms with Crippen molar-refractivity contribution in [3.05, 3.63) is 59.7 Å². The fraction of sp³-hybridized carbons (Fsp3) is 0.576. The Morgan fingerprint density at radius 2 is 1.02 bits per heavy atom. The van der Waals surface area contributed by atoms with Gasteiger partial charge in [-0.3, -0.25) is 0 Å². The highest BCUT2D eigenvalue weighted by Crippen LogP contribution is 2.25. The van der Waals surface area contributed by atoms with Gasteiger partial charge in [-0.05, 0) is 78.6 Å². The van der Waals surface area contributed by atoms with Crippen molar-refractivity contribution in [3.8, 4) is 11.5 Å². The zero-order valence-corrected chi connectivity index (χ0v) is 30.3. The van der Waals surface area contributed by atoms with Gasteiger partial charge in [-0.15, -0.1) is 26.3 Å². The maximum Gasteiger partial charge on any atom is 0.573 e. The SMILES string of the molecule is C.C1CCOC1.COCC(=N[S@](=O)C(C)(C)C)c1cccc(OC(F)(F)F)c1.COCC(=N[S@](=O)C(C)(C)C)c1cccc(OC(F)(F)F)c1. The molecule has 0 aliphatic carbocycles. The molecule has 0 spiro atoms. The number of benzene rings is 2. The molecule has 9 nitrogen and oxygen atoms in total. The molecule has 0 aromatic heterocycles. The lowest BCUT2D eigenvalue weighted by Crippen LogP contribution is -2.22. The minimum Gasteiger partial charge on any atom is -0.406 e. The van der Waals surface area contributed by atoms with Crippen molar-refractivity contribution < 1.29 is 58.4 Å². The Hall–Kier alpha value is -2.86. The lowest BCUT2D eigenvalue weighted by atomic mass is 10.1. The first kappa shape index (κ1) is 47.1. The van der Waals surface area contributed by atoms with Crippen molar-refractivity contribution in [2.24, 2.45) is 8.80 Å². The van der Waals surface area contributed by atoms with Crippen LogP contribution in [0.4, 0.5) is 26.3 Å². The second kappa shape index (κ2) is 21.5. The minimum atomic E-state index is -4.77. The molecule has 17 heteroatoms. The maximum atomic E-state index is 12.3. The Morgan fingerprint density at radius 1 is 0.680 bits per heavy atom. The van der Waals surface area contributed by atoms with Gasteiger partial charge in [0.15, 0.2) is 0 Å². The predicted molar refractivity (Wildman–Crippen MR) is 186 cm³/mol. The van der Waals surface area contributed by atoms with E-state index >= 15 is 0 Å². The summed E-state index contributed by atoms with van der Waals surface area (Å²) in [5.74, 6) is -0.731. The van der Waals surface area contributed by atoms with E-state index in [0.717, 1.165) is 13.2 Å². The molecule has 1 aliphatic heterocycles. The number of alkyl halides is 6. The third-order valence-corrected chi connectivity index (χ3v) is 8.49. The molecule has 0 bridgehead atoms. The normalized spacial score (nSPS) is 15.4. The highest BCUT2D eigenvalue weighted by Gasteiger charge is 2.32. The van der Waals surface area contributed by atoms with Crippen molar-refractivity contribution in [1.29, 1.82) is 0 Å². The van der Waals surface area contributed by atoms with Gasteiger partial charge in [0.2, 0.25) is 0 Å². The molecule has 2 aromatic rings. The molecular weight excluding hydrogens is 714 g/mol. The third-order valence-electron chi connectivity index (χ3n) is 5.63. The largest absolute Gasteiger partial charge is 0.573 e. The molecule has 0 N–H and O–H groups in total. The van der Waals surface area contributed by atoms with Gasteiger partial charge in [-0.25, -0.2) is 8.42 Å². The van der Waals surface area contributed by atoms with Crippen LogP contribution in [0.5, 0.6) is 11.5 Å². The summed E-state index contributed by atoms with van der Waals surface area (Å²) >= 11 is 0. The monoisotopic (exact) mass is 762 g/mol. The summed E-state index contributed by atoms with van der Waals surface area (Å²) in [6, 6.07) is 10.7. The molecule has 0 amide bonds. The average molecular weight is 763 g/mol. The first-order valence-electron chi connectivity index (χ1n) is 14.8. The van der Waals surface area contributed by atoms with E-state index in [2.05, 4.69) is 18.3 Å². The van der Waals surface area contributed by atoms with Crippen molar-refractivity contribution >= 4 is 33.4 Å². The molecule has 1 aliphatic rings. The molecule has 0 radical (unpaired) electrons. The smallest absolute Gasteiger partial charge is 0.406 e. The van der Waals surface area contributed by atoms with Crippen molar-refractivity contribution in [2.75, 3.05) is 40.6 Å². The van der Waals surface area contributed by atoms with Gasteiger partial charge < -0.3 is 23.7 Å². The number of halogens is 6. The van der Waals surface area contributed by atoms with Crippen LogP contribution in [-0.4, -0.2) is 82.7 Å². The molecule has 2 aromatic carbocycles. The Kier molecular flexibility index (Phi) is 20.3. The lowest BCUT2D eigenvalue weighted by molar-refractivity contribution is -0.275. The van der Waals surface area contributed by atoms with Gasteiger partial charge >= 0.3 is 12.7 Å². The van der Waals surface area contributed by atoms with Crippen LogP contribution < -0.4 is 9.47 Å². The number of hydrogen-bond acceptors (Lipinski definition) is 7. The molecule has 2 atom stereocenters. The van der Waals surface area contributed by atoms with Gasteiger partial charge in [-0.1, -0.05) is 31.7 Å². The molecule has 1 fully saturated rings. The summed E-state index contributed by atoms with van der Waals surface area (Å²) in [6.07, 6.45) is -6.99. The van der Waals surface area contributed by atoms with Crippen molar-refractivity contribution in [2.45, 2.75) is 84.0 Å². The molecule has 3 rings (SSSR count). The number of ether oxygens (including phenoxy) is 5. The molecular formula is C33H48F6N2O7S2. The summed E-state index contributed by atoms with van der Waals surface area (Å²) in [7, 11) is -0.256. The van der Waals surface area contributed by atoms with Crippen LogP contribution in [0.1, 0.15) is 72.9 Å². The zero-order valence-electron chi connectivity index (χ0n) is 28.7. The molecule has 1 saturated heterocycles. The van der Waals surface area contributed by atoms with E-state index in [0.29, 0.717) is 22.6 Å². The van der Waals surface area contributed by atoms with Gasteiger partial charge in [0.25, 0.3) is 0 Å². The number of nitrogens with zero attached hydrogens (tertiary/aromatic N) is 2. The van der Waals surface area contributed by atoms with E-state index in [4.69, 9.17) is 14.2 Å². The predicted octanol–water partition coefficient (Wildman–Crippen LogP) is 8.40. The molecule has 50 heavy (non-hydrogen) atoms. The first-order valence-corrected chi connectivity index (χ1v) is 17.0. The van der Waals surface area contributed by atoms with Crippen LogP contribution in [0.25, 0.3) is 0 Å². The van der Waals surface area contributed by atoms with E-state index in [9.17, 15) is 34.8 Å². The highest BCUT2D eigenvalue weighted by molar-refractivity contribution is 7.85. The Bertz CT molecular complexity index is 1310. The van der Waals surface area contributed by atoms with Crippen molar-refractivity contribution in [1.82, 2.24) is 0 Å². The summed E-state index contributed by atoms with van der Waals surface area (Å²) in [6.45, 7) is 12.6. The Labute approximate surface area is 296 Å². The molecule has 1 heterocycles. The fourth-order valence-electron chi connectivity index (χ4n) is 3.33. The second-order valence-corrected chi connectivity index (χ2v) is 15.9. The van der Waals surface area contributed by atoms with Crippen LogP contribution in [0, 0.1) is 0 Å². The van der Waals surface area contributed by atoms with Crippen LogP contribution in [0.2, 0.25) is 0 Å². The van der Waals surface area contributed by atoms with Crippen LogP contribution >= 0.6 is 0 Å². The molecule has 0 unspecified atom stereocenters. The summed E-state index contributed by atoms with van der Waals surface area (Å²) in [5, 5.41) is 0. The fourth-order valence-corrected chi connectivity index (χ4v) is 4.59. The lowest BCUT2D eigenvalue weighted by Gasteiger charge is -2.15. The maximum absolute atomic E-state index is 12.3. The van der Waals surface area contributed by atoms with Crippen molar-refractivity contribution in [3.63, 3.8) is 0 Å². The zero-order chi connectivity index (χ0) is 37.5. The first-order chi connectivity index (χ1) is 22.6. The number of hydrogen-bond donors (Lipinski definition) is 0. The third kappa shape index (κ3) is 20.1.